The molecule has 0 radical (unpaired) electrons. The topological polar surface area (TPSA) is 45.1 Å². The van der Waals surface area contributed by atoms with E-state index < -0.39 is 11.7 Å². The van der Waals surface area contributed by atoms with Crippen LogP contribution in [0.4, 0.5) is 18.9 Å². The van der Waals surface area contributed by atoms with Crippen molar-refractivity contribution >= 4 is 17.4 Å². The first-order valence-corrected chi connectivity index (χ1v) is 11.9. The van der Waals surface area contributed by atoms with E-state index in [0.717, 1.165) is 28.8 Å². The third-order valence-corrected chi connectivity index (χ3v) is 6.55. The van der Waals surface area contributed by atoms with Crippen LogP contribution in [0, 0.1) is 6.92 Å². The van der Waals surface area contributed by atoms with Crippen LogP contribution in [0.15, 0.2) is 71.7 Å². The van der Waals surface area contributed by atoms with E-state index in [9.17, 15) is 18.0 Å². The summed E-state index contributed by atoms with van der Waals surface area (Å²) < 4.78 is 46.3. The van der Waals surface area contributed by atoms with Crippen molar-refractivity contribution < 1.29 is 22.7 Å². The fourth-order valence-electron chi connectivity index (χ4n) is 4.70. The normalized spacial score (nSPS) is 17.5. The summed E-state index contributed by atoms with van der Waals surface area (Å²) in [7, 11) is 0. The molecule has 1 amide bonds. The molecule has 1 saturated heterocycles. The summed E-state index contributed by atoms with van der Waals surface area (Å²) in [4.78, 5) is 21.6. The maximum absolute atomic E-state index is 13.4. The lowest BCUT2D eigenvalue weighted by Gasteiger charge is -2.41. The minimum absolute atomic E-state index is 0.0518. The summed E-state index contributed by atoms with van der Waals surface area (Å²) in [6.45, 7) is 5.42. The van der Waals surface area contributed by atoms with Gasteiger partial charge >= 0.3 is 6.18 Å². The minimum Gasteiger partial charge on any atom is -0.454 e. The molecule has 1 unspecified atom stereocenters. The molecule has 2 heterocycles. The first-order valence-electron chi connectivity index (χ1n) is 11.9. The number of amidine groups is 1. The van der Waals surface area contributed by atoms with Gasteiger partial charge in [0.2, 0.25) is 5.91 Å². The summed E-state index contributed by atoms with van der Waals surface area (Å²) in [6, 6.07) is 18.5. The standard InChI is InChI=1S/C28H26F3N3O2/c1-18-8-10-24-22(14-18)27(32-23-16-21(28(29,30)31)9-11-25(23)36-24)33-12-13-34(19(2)17-33)26(35)15-20-6-4-3-5-7-20/h3-11,14,16,19H,12-13,15,17H2,1-2H3. The number of fused-ring (bicyclic) bond motifs is 2. The van der Waals surface area contributed by atoms with Crippen LogP contribution >= 0.6 is 0 Å². The maximum atomic E-state index is 13.4. The highest BCUT2D eigenvalue weighted by Crippen LogP contribution is 2.42. The zero-order valence-electron chi connectivity index (χ0n) is 20.0. The van der Waals surface area contributed by atoms with E-state index in [0.29, 0.717) is 37.6 Å². The fourth-order valence-corrected chi connectivity index (χ4v) is 4.70. The molecule has 0 saturated carbocycles. The number of ether oxygens (including phenoxy) is 1. The molecule has 3 aromatic rings. The molecule has 186 valence electrons. The largest absolute Gasteiger partial charge is 0.454 e. The number of amides is 1. The quantitative estimate of drug-likeness (QED) is 0.442. The zero-order valence-corrected chi connectivity index (χ0v) is 20.0. The minimum atomic E-state index is -4.49. The van der Waals surface area contributed by atoms with Gasteiger partial charge in [-0.15, -0.1) is 0 Å². The molecular formula is C28H26F3N3O2. The number of alkyl halides is 3. The van der Waals surface area contributed by atoms with E-state index in [4.69, 9.17) is 9.73 Å². The zero-order chi connectivity index (χ0) is 25.4. The number of benzene rings is 3. The highest BCUT2D eigenvalue weighted by molar-refractivity contribution is 6.04. The Morgan fingerprint density at radius 3 is 2.50 bits per heavy atom. The Morgan fingerprint density at radius 1 is 1.03 bits per heavy atom. The van der Waals surface area contributed by atoms with Crippen LogP contribution in [0.3, 0.4) is 0 Å². The summed E-state index contributed by atoms with van der Waals surface area (Å²) in [6.07, 6.45) is -4.16. The van der Waals surface area contributed by atoms with Gasteiger partial charge in [-0.1, -0.05) is 42.0 Å². The lowest BCUT2D eigenvalue weighted by atomic mass is 10.1. The smallest absolute Gasteiger partial charge is 0.416 e. The summed E-state index contributed by atoms with van der Waals surface area (Å²) in [5.41, 5.74) is 2.01. The van der Waals surface area contributed by atoms with Crippen LogP contribution in [-0.2, 0) is 17.4 Å². The number of rotatable bonds is 2. The molecule has 0 N–H and O–H groups in total. The molecular weight excluding hydrogens is 467 g/mol. The average Bonchev–Trinajstić information content (AvgIpc) is 3.00. The Kier molecular flexibility index (Phi) is 6.20. The third kappa shape index (κ3) is 4.80. The third-order valence-electron chi connectivity index (χ3n) is 6.55. The van der Waals surface area contributed by atoms with Crippen molar-refractivity contribution in [2.75, 3.05) is 19.6 Å². The van der Waals surface area contributed by atoms with Gasteiger partial charge in [-0.2, -0.15) is 13.2 Å². The molecule has 2 aliphatic rings. The van der Waals surface area contributed by atoms with Crippen LogP contribution < -0.4 is 4.74 Å². The number of carbonyl (C=O) groups is 1. The van der Waals surface area contributed by atoms with Gasteiger partial charge in [0.1, 0.15) is 17.3 Å². The Bertz CT molecular complexity index is 1320. The van der Waals surface area contributed by atoms with Crippen LogP contribution in [-0.4, -0.2) is 47.2 Å². The number of carbonyl (C=O) groups excluding carboxylic acids is 1. The molecule has 1 fully saturated rings. The molecule has 1 atom stereocenters. The second-order valence-electron chi connectivity index (χ2n) is 9.26. The molecule has 0 aromatic heterocycles. The van der Waals surface area contributed by atoms with Crippen molar-refractivity contribution in [3.8, 4) is 11.5 Å². The van der Waals surface area contributed by atoms with E-state index in [-0.39, 0.29) is 23.4 Å². The Labute approximate surface area is 207 Å². The first kappa shape index (κ1) is 23.9. The number of aryl methyl sites for hydroxylation is 1. The average molecular weight is 494 g/mol. The van der Waals surface area contributed by atoms with Gasteiger partial charge < -0.3 is 14.5 Å². The number of hydrogen-bond acceptors (Lipinski definition) is 4. The number of halogens is 3. The number of hydrogen-bond donors (Lipinski definition) is 0. The van der Waals surface area contributed by atoms with Gasteiger partial charge in [0, 0.05) is 25.7 Å². The van der Waals surface area contributed by atoms with Crippen molar-refractivity contribution in [2.24, 2.45) is 4.99 Å². The van der Waals surface area contributed by atoms with Crippen molar-refractivity contribution in [1.82, 2.24) is 9.80 Å². The van der Waals surface area contributed by atoms with Gasteiger partial charge in [-0.05, 0) is 49.7 Å². The van der Waals surface area contributed by atoms with Crippen LogP contribution in [0.5, 0.6) is 11.5 Å². The van der Waals surface area contributed by atoms with Crippen molar-refractivity contribution in [2.45, 2.75) is 32.5 Å². The molecule has 5 rings (SSSR count). The molecule has 3 aromatic carbocycles. The van der Waals surface area contributed by atoms with E-state index in [1.54, 1.807) is 0 Å². The lowest BCUT2D eigenvalue weighted by Crippen LogP contribution is -2.55. The Hall–Kier alpha value is -3.81. The molecule has 5 nitrogen and oxygen atoms in total. The van der Waals surface area contributed by atoms with Crippen molar-refractivity contribution in [3.05, 3.63) is 89.0 Å². The van der Waals surface area contributed by atoms with Gasteiger partial charge in [-0.25, -0.2) is 4.99 Å². The number of piperazine rings is 1. The molecule has 0 spiro atoms. The summed E-state index contributed by atoms with van der Waals surface area (Å²) in [5.74, 6) is 1.41. The van der Waals surface area contributed by atoms with Crippen LogP contribution in [0.1, 0.15) is 29.2 Å². The Balaban J connectivity index is 1.46. The van der Waals surface area contributed by atoms with E-state index >= 15 is 0 Å². The summed E-state index contributed by atoms with van der Waals surface area (Å²) in [5, 5.41) is 0. The highest BCUT2D eigenvalue weighted by Gasteiger charge is 2.34. The molecule has 36 heavy (non-hydrogen) atoms. The second-order valence-corrected chi connectivity index (χ2v) is 9.26. The molecule has 0 bridgehead atoms. The monoisotopic (exact) mass is 493 g/mol. The Morgan fingerprint density at radius 2 is 1.78 bits per heavy atom. The predicted molar refractivity (Wildman–Crippen MR) is 132 cm³/mol. The van der Waals surface area contributed by atoms with Gasteiger partial charge in [0.25, 0.3) is 0 Å². The fraction of sp³-hybridized carbons (Fsp3) is 0.286. The van der Waals surface area contributed by atoms with Gasteiger partial charge in [0.15, 0.2) is 5.75 Å². The molecule has 2 aliphatic heterocycles. The number of nitrogens with zero attached hydrogens (tertiary/aromatic N) is 3. The predicted octanol–water partition coefficient (Wildman–Crippen LogP) is 5.97. The number of aliphatic imine (C=N–C) groups is 1. The van der Waals surface area contributed by atoms with Crippen LogP contribution in [0.25, 0.3) is 0 Å². The van der Waals surface area contributed by atoms with E-state index in [1.165, 1.54) is 6.07 Å². The SMILES string of the molecule is Cc1ccc2c(c1)C(N1CCN(C(=O)Cc3ccccc3)C(C)C1)=Nc1cc(C(F)(F)F)ccc1O2. The summed E-state index contributed by atoms with van der Waals surface area (Å²) >= 11 is 0. The van der Waals surface area contributed by atoms with Crippen LogP contribution in [0.2, 0.25) is 0 Å². The first-order chi connectivity index (χ1) is 17.2. The van der Waals surface area contributed by atoms with E-state index in [2.05, 4.69) is 0 Å². The van der Waals surface area contributed by atoms with Crippen molar-refractivity contribution in [3.63, 3.8) is 0 Å². The maximum Gasteiger partial charge on any atom is 0.416 e. The van der Waals surface area contributed by atoms with Crippen molar-refractivity contribution in [1.29, 1.82) is 0 Å². The lowest BCUT2D eigenvalue weighted by molar-refractivity contribution is -0.137. The van der Waals surface area contributed by atoms with E-state index in [1.807, 2.05) is 72.2 Å². The highest BCUT2D eigenvalue weighted by atomic mass is 19.4. The van der Waals surface area contributed by atoms with Gasteiger partial charge in [-0.3, -0.25) is 4.79 Å². The second kappa shape index (κ2) is 9.33. The van der Waals surface area contributed by atoms with Gasteiger partial charge in [0.05, 0.1) is 17.5 Å². The molecule has 8 heteroatoms. The molecule has 0 aliphatic carbocycles.